The topological polar surface area (TPSA) is 55.8 Å². The molecule has 36 heavy (non-hydrogen) atoms. The van der Waals surface area contributed by atoms with Crippen LogP contribution in [-0.4, -0.2) is 50.3 Å². The number of hydrogen-bond donors (Lipinski definition) is 1. The summed E-state index contributed by atoms with van der Waals surface area (Å²) in [5, 5.41) is 3.66. The number of rotatable bonds is 10. The van der Waals surface area contributed by atoms with Crippen molar-refractivity contribution in [2.75, 3.05) is 45.7 Å². The number of nitrogens with one attached hydrogen (secondary N) is 1. The van der Waals surface area contributed by atoms with E-state index in [2.05, 4.69) is 15.2 Å². The molecular weight excluding hydrogens is 457 g/mol. The summed E-state index contributed by atoms with van der Waals surface area (Å²) in [7, 11) is 3.37. The fourth-order valence-corrected chi connectivity index (χ4v) is 5.92. The van der Waals surface area contributed by atoms with Crippen LogP contribution in [-0.2, 0) is 0 Å². The van der Waals surface area contributed by atoms with E-state index in [0.29, 0.717) is 40.5 Å². The number of likely N-dealkylation sites (tertiary alicyclic amines) is 1. The summed E-state index contributed by atoms with van der Waals surface area (Å²) in [6, 6.07) is 10.2. The van der Waals surface area contributed by atoms with Crippen LogP contribution >= 0.6 is 0 Å². The maximum atomic E-state index is 14.5. The molecule has 1 saturated heterocycles. The number of anilines is 1. The highest BCUT2D eigenvalue weighted by Crippen LogP contribution is 2.62. The van der Waals surface area contributed by atoms with Gasteiger partial charge in [0, 0.05) is 56.1 Å². The van der Waals surface area contributed by atoms with Gasteiger partial charge in [-0.2, -0.15) is 0 Å². The van der Waals surface area contributed by atoms with E-state index in [-0.39, 0.29) is 5.75 Å². The van der Waals surface area contributed by atoms with Gasteiger partial charge in [-0.25, -0.2) is 4.39 Å². The van der Waals surface area contributed by atoms with Crippen molar-refractivity contribution >= 4 is 16.6 Å². The van der Waals surface area contributed by atoms with Gasteiger partial charge in [0.1, 0.15) is 5.75 Å². The van der Waals surface area contributed by atoms with Crippen LogP contribution in [0.3, 0.4) is 0 Å². The third-order valence-corrected chi connectivity index (χ3v) is 8.17. The van der Waals surface area contributed by atoms with E-state index in [4.69, 9.17) is 14.2 Å². The second kappa shape index (κ2) is 9.43. The number of aromatic nitrogens is 1. The highest BCUT2D eigenvalue weighted by atomic mass is 19.1. The lowest BCUT2D eigenvalue weighted by Crippen LogP contribution is -2.24. The summed E-state index contributed by atoms with van der Waals surface area (Å²) in [4.78, 5) is 7.14. The minimum atomic E-state index is -0.437. The largest absolute Gasteiger partial charge is 0.493 e. The first-order valence-electron chi connectivity index (χ1n) is 13.1. The number of hydrogen-bond acceptors (Lipinski definition) is 6. The van der Waals surface area contributed by atoms with Crippen LogP contribution in [0.4, 0.5) is 10.1 Å². The van der Waals surface area contributed by atoms with Crippen molar-refractivity contribution in [2.45, 2.75) is 32.1 Å². The Bertz CT molecular complexity index is 1260. The van der Waals surface area contributed by atoms with Crippen molar-refractivity contribution in [3.63, 3.8) is 0 Å². The molecule has 2 aromatic carbocycles. The first-order valence-corrected chi connectivity index (χ1v) is 13.1. The molecule has 1 aliphatic heterocycles. The first kappa shape index (κ1) is 23.3. The Morgan fingerprint density at radius 3 is 2.67 bits per heavy atom. The van der Waals surface area contributed by atoms with E-state index in [1.54, 1.807) is 38.6 Å². The summed E-state index contributed by atoms with van der Waals surface area (Å²) in [5.74, 6) is 3.44. The molecule has 2 aliphatic carbocycles. The fraction of sp³-hybridized carbons (Fsp3) is 0.483. The quantitative estimate of drug-likeness (QED) is 0.346. The molecule has 1 atom stereocenters. The molecule has 2 saturated carbocycles. The van der Waals surface area contributed by atoms with Gasteiger partial charge in [-0.05, 0) is 73.6 Å². The summed E-state index contributed by atoms with van der Waals surface area (Å²) in [6.45, 7) is 4.25. The van der Waals surface area contributed by atoms with Gasteiger partial charge < -0.3 is 24.4 Å². The summed E-state index contributed by atoms with van der Waals surface area (Å²) >= 11 is 0. The van der Waals surface area contributed by atoms with Crippen molar-refractivity contribution in [3.05, 3.63) is 48.4 Å². The molecule has 1 aromatic heterocycles. The Morgan fingerprint density at radius 1 is 1.08 bits per heavy atom. The fourth-order valence-electron chi connectivity index (χ4n) is 5.92. The van der Waals surface area contributed by atoms with Crippen molar-refractivity contribution in [1.82, 2.24) is 9.88 Å². The summed E-state index contributed by atoms with van der Waals surface area (Å²) < 4.78 is 32.2. The van der Waals surface area contributed by atoms with Gasteiger partial charge in [0.2, 0.25) is 0 Å². The highest BCUT2D eigenvalue weighted by Gasteiger charge is 2.58. The number of fused-ring (bicyclic) bond motifs is 1. The van der Waals surface area contributed by atoms with Crippen LogP contribution in [0.25, 0.3) is 10.9 Å². The highest BCUT2D eigenvalue weighted by molar-refractivity contribution is 5.88. The number of pyridine rings is 1. The Hall–Kier alpha value is -3.06. The molecule has 3 aromatic rings. The zero-order valence-electron chi connectivity index (χ0n) is 21.1. The van der Waals surface area contributed by atoms with Gasteiger partial charge in [0.15, 0.2) is 23.1 Å². The molecule has 0 bridgehead atoms. The lowest BCUT2D eigenvalue weighted by molar-refractivity contribution is 0.248. The first-order chi connectivity index (χ1) is 17.6. The molecule has 1 unspecified atom stereocenters. The van der Waals surface area contributed by atoms with Crippen molar-refractivity contribution < 1.29 is 18.6 Å². The Balaban J connectivity index is 1.12. The van der Waals surface area contributed by atoms with Crippen LogP contribution < -0.4 is 19.5 Å². The average Bonchev–Trinajstić information content (AvgIpc) is 3.82. The molecule has 190 valence electrons. The molecule has 0 amide bonds. The smallest absolute Gasteiger partial charge is 0.167 e. The number of halogens is 1. The van der Waals surface area contributed by atoms with E-state index in [9.17, 15) is 4.39 Å². The second-order valence-corrected chi connectivity index (χ2v) is 10.6. The molecule has 6 nitrogen and oxygen atoms in total. The summed E-state index contributed by atoms with van der Waals surface area (Å²) in [6.07, 6.45) is 8.40. The van der Waals surface area contributed by atoms with Crippen LogP contribution in [0.15, 0.2) is 42.6 Å². The standard InChI is InChI=1S/C29H34FN3O3/c1-31-20-6-7-26(23(30)14-20)36-25-8-11-32-24-16-28(27(34-2)15-21(24)25)35-13-3-12-33-17-22(19-4-5-19)29(18-33)9-10-29/h6-8,11,14-16,19,22,31H,3-5,9-10,12-13,17-18H2,1-2H3. The van der Waals surface area contributed by atoms with Gasteiger partial charge in [-0.3, -0.25) is 4.98 Å². The third-order valence-electron chi connectivity index (χ3n) is 8.17. The zero-order chi connectivity index (χ0) is 24.7. The van der Waals surface area contributed by atoms with Crippen LogP contribution in [0.5, 0.6) is 23.0 Å². The molecule has 1 N–H and O–H groups in total. The van der Waals surface area contributed by atoms with Gasteiger partial charge in [0.05, 0.1) is 19.2 Å². The normalized spacial score (nSPS) is 20.6. The molecular formula is C29H34FN3O3. The lowest BCUT2D eigenvalue weighted by Gasteiger charge is -2.17. The van der Waals surface area contributed by atoms with Crippen molar-refractivity contribution in [2.24, 2.45) is 17.3 Å². The van der Waals surface area contributed by atoms with E-state index in [1.807, 2.05) is 12.1 Å². The second-order valence-electron chi connectivity index (χ2n) is 10.6. The molecule has 3 aliphatic rings. The van der Waals surface area contributed by atoms with Gasteiger partial charge in [-0.15, -0.1) is 0 Å². The predicted molar refractivity (Wildman–Crippen MR) is 139 cm³/mol. The Morgan fingerprint density at radius 2 is 1.94 bits per heavy atom. The van der Waals surface area contributed by atoms with E-state index < -0.39 is 5.82 Å². The van der Waals surface area contributed by atoms with Crippen LogP contribution in [0.1, 0.15) is 32.1 Å². The average molecular weight is 492 g/mol. The number of ether oxygens (including phenoxy) is 3. The molecule has 1 spiro atoms. The van der Waals surface area contributed by atoms with E-state index in [1.165, 1.54) is 44.8 Å². The maximum absolute atomic E-state index is 14.5. The molecule has 7 heteroatoms. The van der Waals surface area contributed by atoms with Crippen LogP contribution in [0, 0.1) is 23.1 Å². The molecule has 0 radical (unpaired) electrons. The third kappa shape index (κ3) is 4.57. The Kier molecular flexibility index (Phi) is 6.12. The van der Waals surface area contributed by atoms with E-state index in [0.717, 1.165) is 30.2 Å². The SMILES string of the molecule is CNc1ccc(Oc2ccnc3cc(OCCCN4CC(C5CC5)C5(CC5)C4)c(OC)cc23)c(F)c1. The van der Waals surface area contributed by atoms with Gasteiger partial charge in [0.25, 0.3) is 0 Å². The maximum Gasteiger partial charge on any atom is 0.167 e. The molecule has 2 heterocycles. The minimum Gasteiger partial charge on any atom is -0.493 e. The molecule has 3 fully saturated rings. The van der Waals surface area contributed by atoms with Crippen LogP contribution in [0.2, 0.25) is 0 Å². The zero-order valence-corrected chi connectivity index (χ0v) is 21.1. The van der Waals surface area contributed by atoms with Gasteiger partial charge in [-0.1, -0.05) is 0 Å². The minimum absolute atomic E-state index is 0.152. The predicted octanol–water partition coefficient (Wildman–Crippen LogP) is 6.11. The number of nitrogens with zero attached hydrogens (tertiary/aromatic N) is 2. The lowest BCUT2D eigenvalue weighted by atomic mass is 9.89. The Labute approximate surface area is 211 Å². The van der Waals surface area contributed by atoms with Gasteiger partial charge >= 0.3 is 0 Å². The van der Waals surface area contributed by atoms with E-state index >= 15 is 0 Å². The monoisotopic (exact) mass is 491 g/mol. The van der Waals surface area contributed by atoms with Crippen molar-refractivity contribution in [1.29, 1.82) is 0 Å². The molecule has 6 rings (SSSR count). The number of methoxy groups -OCH3 is 1. The van der Waals surface area contributed by atoms with Crippen molar-refractivity contribution in [3.8, 4) is 23.0 Å². The number of benzene rings is 2. The summed E-state index contributed by atoms with van der Waals surface area (Å²) in [5.41, 5.74) is 2.05.